The zero-order valence-corrected chi connectivity index (χ0v) is 12.5. The molecule has 2 aliphatic rings. The van der Waals surface area contributed by atoms with Crippen LogP contribution < -0.4 is 15.5 Å². The van der Waals surface area contributed by atoms with E-state index in [0.29, 0.717) is 18.9 Å². The second-order valence-corrected chi connectivity index (χ2v) is 6.23. The highest BCUT2D eigenvalue weighted by molar-refractivity contribution is 6.13. The topological polar surface area (TPSA) is 61.4 Å². The van der Waals surface area contributed by atoms with Crippen molar-refractivity contribution >= 4 is 23.2 Å². The summed E-state index contributed by atoms with van der Waals surface area (Å²) in [6.45, 7) is 0. The molecule has 0 atom stereocenters. The lowest BCUT2D eigenvalue weighted by Crippen LogP contribution is -2.40. The molecule has 2 amide bonds. The van der Waals surface area contributed by atoms with Crippen LogP contribution in [-0.2, 0) is 9.59 Å². The highest BCUT2D eigenvalue weighted by atomic mass is 16.2. The molecule has 1 aromatic rings. The zero-order valence-electron chi connectivity index (χ0n) is 12.5. The van der Waals surface area contributed by atoms with Gasteiger partial charge in [0.25, 0.3) is 0 Å². The first-order chi connectivity index (χ1) is 10.0. The molecule has 0 radical (unpaired) electrons. The maximum absolute atomic E-state index is 12.4. The summed E-state index contributed by atoms with van der Waals surface area (Å²) in [7, 11) is 3.93. The van der Waals surface area contributed by atoms with Gasteiger partial charge in [0.1, 0.15) is 5.41 Å². The van der Waals surface area contributed by atoms with Crippen molar-refractivity contribution in [3.8, 4) is 0 Å². The van der Waals surface area contributed by atoms with Crippen LogP contribution in [0.25, 0.3) is 0 Å². The Bertz CT molecular complexity index is 557. The van der Waals surface area contributed by atoms with Crippen LogP contribution in [0.1, 0.15) is 25.7 Å². The van der Waals surface area contributed by atoms with Gasteiger partial charge >= 0.3 is 0 Å². The van der Waals surface area contributed by atoms with Gasteiger partial charge in [-0.2, -0.15) is 0 Å². The Morgan fingerprint density at radius 2 is 1.71 bits per heavy atom. The number of hydrogen-bond donors (Lipinski definition) is 2. The van der Waals surface area contributed by atoms with Gasteiger partial charge in [-0.25, -0.2) is 0 Å². The summed E-state index contributed by atoms with van der Waals surface area (Å²) in [5.41, 5.74) is 0.972. The summed E-state index contributed by atoms with van der Waals surface area (Å²) < 4.78 is 0. The van der Waals surface area contributed by atoms with Gasteiger partial charge in [0, 0.05) is 31.5 Å². The minimum absolute atomic E-state index is 0.104. The van der Waals surface area contributed by atoms with Gasteiger partial charge in [-0.15, -0.1) is 0 Å². The van der Waals surface area contributed by atoms with Crippen LogP contribution in [0.3, 0.4) is 0 Å². The molecule has 2 aliphatic carbocycles. The molecule has 0 unspecified atom stereocenters. The number of rotatable bonds is 5. The van der Waals surface area contributed by atoms with Crippen molar-refractivity contribution in [3.63, 3.8) is 0 Å². The SMILES string of the molecule is CN(C)c1ccc(NC(=O)C2(C(=O)NC3CC3)CC2)cc1. The molecule has 3 rings (SSSR count). The molecule has 0 aromatic heterocycles. The summed E-state index contributed by atoms with van der Waals surface area (Å²) in [5, 5.41) is 5.81. The normalized spacial score (nSPS) is 18.8. The van der Waals surface area contributed by atoms with Crippen LogP contribution in [0.2, 0.25) is 0 Å². The fraction of sp³-hybridized carbons (Fsp3) is 0.500. The molecular formula is C16H21N3O2. The number of nitrogens with one attached hydrogen (secondary N) is 2. The lowest BCUT2D eigenvalue weighted by Gasteiger charge is -2.16. The third kappa shape index (κ3) is 2.86. The van der Waals surface area contributed by atoms with Gasteiger partial charge in [-0.1, -0.05) is 0 Å². The van der Waals surface area contributed by atoms with Gasteiger partial charge in [0.15, 0.2) is 0 Å². The lowest BCUT2D eigenvalue weighted by molar-refractivity contribution is -0.134. The maximum atomic E-state index is 12.4. The number of carbonyl (C=O) groups excluding carboxylic acids is 2. The van der Waals surface area contributed by atoms with E-state index in [-0.39, 0.29) is 11.8 Å². The maximum Gasteiger partial charge on any atom is 0.240 e. The monoisotopic (exact) mass is 287 g/mol. The molecule has 5 nitrogen and oxygen atoms in total. The molecule has 0 aliphatic heterocycles. The van der Waals surface area contributed by atoms with Crippen molar-refractivity contribution < 1.29 is 9.59 Å². The third-order valence-electron chi connectivity index (χ3n) is 4.17. The number of benzene rings is 1. The van der Waals surface area contributed by atoms with Gasteiger partial charge in [0.2, 0.25) is 11.8 Å². The third-order valence-corrected chi connectivity index (χ3v) is 4.17. The van der Waals surface area contributed by atoms with Crippen LogP contribution in [0, 0.1) is 5.41 Å². The second kappa shape index (κ2) is 5.06. The summed E-state index contributed by atoms with van der Waals surface area (Å²) in [4.78, 5) is 26.5. The Hall–Kier alpha value is -2.04. The van der Waals surface area contributed by atoms with Crippen molar-refractivity contribution in [2.45, 2.75) is 31.7 Å². The molecule has 2 N–H and O–H groups in total. The average Bonchev–Trinajstić information content (AvgIpc) is 3.33. The van der Waals surface area contributed by atoms with Crippen molar-refractivity contribution in [2.75, 3.05) is 24.3 Å². The molecule has 1 aromatic carbocycles. The van der Waals surface area contributed by atoms with E-state index < -0.39 is 5.41 Å². The molecule has 5 heteroatoms. The van der Waals surface area contributed by atoms with E-state index >= 15 is 0 Å². The van der Waals surface area contributed by atoms with Crippen LogP contribution in [-0.4, -0.2) is 32.0 Å². The smallest absolute Gasteiger partial charge is 0.240 e. The molecule has 0 spiro atoms. The van der Waals surface area contributed by atoms with E-state index in [1.54, 1.807) is 0 Å². The summed E-state index contributed by atoms with van der Waals surface area (Å²) >= 11 is 0. The molecule has 0 heterocycles. The zero-order chi connectivity index (χ0) is 15.0. The molecule has 0 bridgehead atoms. The molecular weight excluding hydrogens is 266 g/mol. The number of amides is 2. The van der Waals surface area contributed by atoms with Crippen molar-refractivity contribution in [2.24, 2.45) is 5.41 Å². The first kappa shape index (κ1) is 13.9. The van der Waals surface area contributed by atoms with Crippen LogP contribution in [0.15, 0.2) is 24.3 Å². The highest BCUT2D eigenvalue weighted by Crippen LogP contribution is 2.47. The Kier molecular flexibility index (Phi) is 3.35. The minimum Gasteiger partial charge on any atom is -0.378 e. The first-order valence-electron chi connectivity index (χ1n) is 7.41. The number of nitrogens with zero attached hydrogens (tertiary/aromatic N) is 1. The van der Waals surface area contributed by atoms with Crippen molar-refractivity contribution in [3.05, 3.63) is 24.3 Å². The summed E-state index contributed by atoms with van der Waals surface area (Å²) in [5.74, 6) is -0.286. The Labute approximate surface area is 124 Å². The van der Waals surface area contributed by atoms with E-state index in [0.717, 1.165) is 24.2 Å². The number of hydrogen-bond acceptors (Lipinski definition) is 3. The minimum atomic E-state index is -0.831. The summed E-state index contributed by atoms with van der Waals surface area (Å²) in [6.07, 6.45) is 3.37. The highest BCUT2D eigenvalue weighted by Gasteiger charge is 2.57. The van der Waals surface area contributed by atoms with Gasteiger partial charge in [-0.3, -0.25) is 9.59 Å². The number of carbonyl (C=O) groups is 2. The average molecular weight is 287 g/mol. The summed E-state index contributed by atoms with van der Waals surface area (Å²) in [6, 6.07) is 7.91. The quantitative estimate of drug-likeness (QED) is 0.811. The van der Waals surface area contributed by atoms with Gasteiger partial charge < -0.3 is 15.5 Å². The van der Waals surface area contributed by atoms with E-state index in [9.17, 15) is 9.59 Å². The molecule has 112 valence electrons. The van der Waals surface area contributed by atoms with E-state index in [1.807, 2.05) is 43.3 Å². The predicted molar refractivity (Wildman–Crippen MR) is 82.2 cm³/mol. The number of anilines is 2. The Balaban J connectivity index is 1.64. The molecule has 21 heavy (non-hydrogen) atoms. The standard InChI is InChI=1S/C16H21N3O2/c1-19(2)13-7-5-12(6-8-13)18-15(21)16(9-10-16)14(20)17-11-3-4-11/h5-8,11H,3-4,9-10H2,1-2H3,(H,17,20)(H,18,21). The fourth-order valence-corrected chi connectivity index (χ4v) is 2.33. The Morgan fingerprint density at radius 1 is 1.10 bits per heavy atom. The largest absolute Gasteiger partial charge is 0.378 e. The Morgan fingerprint density at radius 3 is 2.19 bits per heavy atom. The molecule has 2 fully saturated rings. The first-order valence-corrected chi connectivity index (χ1v) is 7.41. The second-order valence-electron chi connectivity index (χ2n) is 6.23. The van der Waals surface area contributed by atoms with Crippen molar-refractivity contribution in [1.82, 2.24) is 5.32 Å². The molecule has 0 saturated heterocycles. The fourth-order valence-electron chi connectivity index (χ4n) is 2.33. The molecule has 2 saturated carbocycles. The van der Waals surface area contributed by atoms with Crippen LogP contribution in [0.4, 0.5) is 11.4 Å². The van der Waals surface area contributed by atoms with Gasteiger partial charge in [-0.05, 0) is 49.9 Å². The van der Waals surface area contributed by atoms with Crippen LogP contribution >= 0.6 is 0 Å². The lowest BCUT2D eigenvalue weighted by atomic mass is 10.0. The predicted octanol–water partition coefficient (Wildman–Crippen LogP) is 1.75. The van der Waals surface area contributed by atoms with E-state index in [2.05, 4.69) is 10.6 Å². The van der Waals surface area contributed by atoms with Crippen molar-refractivity contribution in [1.29, 1.82) is 0 Å². The van der Waals surface area contributed by atoms with Crippen LogP contribution in [0.5, 0.6) is 0 Å². The van der Waals surface area contributed by atoms with E-state index in [1.165, 1.54) is 0 Å². The van der Waals surface area contributed by atoms with Gasteiger partial charge in [0.05, 0.1) is 0 Å². The van der Waals surface area contributed by atoms with E-state index in [4.69, 9.17) is 0 Å².